The van der Waals surface area contributed by atoms with Crippen LogP contribution in [0.1, 0.15) is 12.2 Å². The van der Waals surface area contributed by atoms with Crippen LogP contribution in [-0.2, 0) is 16.1 Å². The van der Waals surface area contributed by atoms with Crippen LogP contribution in [-0.4, -0.2) is 29.3 Å². The van der Waals surface area contributed by atoms with Gasteiger partial charge in [-0.25, -0.2) is 4.39 Å². The highest BCUT2D eigenvalue weighted by Gasteiger charge is 2.23. The molecule has 6 nitrogen and oxygen atoms in total. The van der Waals surface area contributed by atoms with Crippen molar-refractivity contribution in [1.29, 1.82) is 0 Å². The lowest BCUT2D eigenvalue weighted by Crippen LogP contribution is -2.30. The number of aromatic nitrogens is 2. The smallest absolute Gasteiger partial charge is 0.257 e. The molecule has 0 bridgehead atoms. The molecule has 2 aromatic rings. The summed E-state index contributed by atoms with van der Waals surface area (Å²) in [7, 11) is 0. The summed E-state index contributed by atoms with van der Waals surface area (Å²) < 4.78 is 23.1. The Balaban J connectivity index is 1.60. The predicted molar refractivity (Wildman–Crippen MR) is 70.5 cm³/mol. The van der Waals surface area contributed by atoms with Crippen LogP contribution in [0.3, 0.4) is 0 Å². The molecule has 0 saturated carbocycles. The molecular formula is C14H14FN3O3. The van der Waals surface area contributed by atoms with Crippen LogP contribution < -0.4 is 5.32 Å². The number of benzene rings is 1. The normalized spacial score (nSPS) is 17.9. The standard InChI is InChI=1S/C14H14FN3O3/c15-11-3-1-9(2-4-11)14-17-12(18-21-14)7-16-13(19)10-5-6-20-8-10/h1-4,10H,5-8H2,(H,16,19)/t10-/m1/s1. The van der Waals surface area contributed by atoms with Crippen molar-refractivity contribution >= 4 is 5.91 Å². The van der Waals surface area contributed by atoms with Crippen molar-refractivity contribution in [2.24, 2.45) is 5.92 Å². The van der Waals surface area contributed by atoms with Gasteiger partial charge in [0.05, 0.1) is 19.1 Å². The number of carbonyl (C=O) groups excluding carboxylic acids is 1. The fourth-order valence-corrected chi connectivity index (χ4v) is 2.09. The van der Waals surface area contributed by atoms with Crippen LogP contribution in [0.15, 0.2) is 28.8 Å². The van der Waals surface area contributed by atoms with Gasteiger partial charge in [-0.3, -0.25) is 4.79 Å². The summed E-state index contributed by atoms with van der Waals surface area (Å²) in [5, 5.41) is 6.54. The van der Waals surface area contributed by atoms with Crippen LogP contribution >= 0.6 is 0 Å². The van der Waals surface area contributed by atoms with Crippen LogP contribution in [0.25, 0.3) is 11.5 Å². The average molecular weight is 291 g/mol. The molecular weight excluding hydrogens is 277 g/mol. The number of hydrogen-bond acceptors (Lipinski definition) is 5. The lowest BCUT2D eigenvalue weighted by molar-refractivity contribution is -0.125. The summed E-state index contributed by atoms with van der Waals surface area (Å²) in [6.45, 7) is 1.27. The van der Waals surface area contributed by atoms with Gasteiger partial charge in [0.25, 0.3) is 5.89 Å². The Bertz CT molecular complexity index is 621. The van der Waals surface area contributed by atoms with E-state index in [1.807, 2.05) is 0 Å². The molecule has 7 heteroatoms. The molecule has 1 aromatic carbocycles. The fourth-order valence-electron chi connectivity index (χ4n) is 2.09. The molecule has 2 heterocycles. The van der Waals surface area contributed by atoms with E-state index in [1.54, 1.807) is 12.1 Å². The van der Waals surface area contributed by atoms with Gasteiger partial charge >= 0.3 is 0 Å². The number of ether oxygens (including phenoxy) is 1. The van der Waals surface area contributed by atoms with E-state index in [0.717, 1.165) is 6.42 Å². The molecule has 1 amide bonds. The van der Waals surface area contributed by atoms with Crippen molar-refractivity contribution < 1.29 is 18.4 Å². The molecule has 1 aliphatic rings. The number of nitrogens with zero attached hydrogens (tertiary/aromatic N) is 2. The van der Waals surface area contributed by atoms with Gasteiger partial charge in [-0.05, 0) is 30.7 Å². The third-order valence-corrected chi connectivity index (χ3v) is 3.28. The number of amides is 1. The highest BCUT2D eigenvalue weighted by Crippen LogP contribution is 2.17. The Labute approximate surface area is 120 Å². The Morgan fingerprint density at radius 2 is 2.19 bits per heavy atom. The third kappa shape index (κ3) is 3.25. The molecule has 21 heavy (non-hydrogen) atoms. The van der Waals surface area contributed by atoms with E-state index < -0.39 is 0 Å². The van der Waals surface area contributed by atoms with Crippen molar-refractivity contribution in [2.45, 2.75) is 13.0 Å². The molecule has 3 rings (SSSR count). The van der Waals surface area contributed by atoms with Crippen molar-refractivity contribution in [3.8, 4) is 11.5 Å². The molecule has 0 radical (unpaired) electrons. The second-order valence-electron chi connectivity index (χ2n) is 4.80. The minimum Gasteiger partial charge on any atom is -0.381 e. The van der Waals surface area contributed by atoms with Gasteiger partial charge in [0.1, 0.15) is 5.82 Å². The van der Waals surface area contributed by atoms with Crippen molar-refractivity contribution in [3.63, 3.8) is 0 Å². The van der Waals surface area contributed by atoms with Crippen LogP contribution in [0.2, 0.25) is 0 Å². The first kappa shape index (κ1) is 13.7. The minimum absolute atomic E-state index is 0.0689. The van der Waals surface area contributed by atoms with E-state index >= 15 is 0 Å². The number of halogens is 1. The van der Waals surface area contributed by atoms with Crippen molar-refractivity contribution in [2.75, 3.05) is 13.2 Å². The van der Waals surface area contributed by atoms with E-state index in [4.69, 9.17) is 9.26 Å². The minimum atomic E-state index is -0.329. The number of hydrogen-bond donors (Lipinski definition) is 1. The molecule has 1 atom stereocenters. The first-order chi connectivity index (χ1) is 10.2. The summed E-state index contributed by atoms with van der Waals surface area (Å²) in [6.07, 6.45) is 0.735. The predicted octanol–water partition coefficient (Wildman–Crippen LogP) is 1.53. The summed E-state index contributed by atoms with van der Waals surface area (Å²) in [6, 6.07) is 5.75. The highest BCUT2D eigenvalue weighted by atomic mass is 19.1. The topological polar surface area (TPSA) is 77.3 Å². The van der Waals surface area contributed by atoms with Gasteiger partial charge in [0, 0.05) is 12.2 Å². The van der Waals surface area contributed by atoms with Gasteiger partial charge < -0.3 is 14.6 Å². The molecule has 110 valence electrons. The Hall–Kier alpha value is -2.28. The van der Waals surface area contributed by atoms with Crippen LogP contribution in [0, 0.1) is 11.7 Å². The SMILES string of the molecule is O=C(NCc1noc(-c2ccc(F)cc2)n1)[C@@H]1CCOC1. The van der Waals surface area contributed by atoms with E-state index in [-0.39, 0.29) is 24.2 Å². The lowest BCUT2D eigenvalue weighted by atomic mass is 10.1. The Morgan fingerprint density at radius 1 is 1.38 bits per heavy atom. The molecule has 0 aliphatic carbocycles. The first-order valence-electron chi connectivity index (χ1n) is 6.66. The summed E-state index contributed by atoms with van der Waals surface area (Å²) in [5.41, 5.74) is 0.630. The van der Waals surface area contributed by atoms with Gasteiger partial charge in [-0.1, -0.05) is 5.16 Å². The lowest BCUT2D eigenvalue weighted by Gasteiger charge is -2.06. The number of carbonyl (C=O) groups is 1. The van der Waals surface area contributed by atoms with Crippen LogP contribution in [0.4, 0.5) is 4.39 Å². The Kier molecular flexibility index (Phi) is 3.92. The zero-order chi connectivity index (χ0) is 14.7. The van der Waals surface area contributed by atoms with Gasteiger partial charge in [-0.2, -0.15) is 4.98 Å². The number of rotatable bonds is 4. The molecule has 0 spiro atoms. The summed E-state index contributed by atoms with van der Waals surface area (Å²) in [4.78, 5) is 16.0. The van der Waals surface area contributed by atoms with E-state index in [2.05, 4.69) is 15.5 Å². The quantitative estimate of drug-likeness (QED) is 0.924. The van der Waals surface area contributed by atoms with Crippen molar-refractivity contribution in [1.82, 2.24) is 15.5 Å². The molecule has 1 N–H and O–H groups in total. The highest BCUT2D eigenvalue weighted by molar-refractivity contribution is 5.78. The Morgan fingerprint density at radius 3 is 2.90 bits per heavy atom. The molecule has 1 aliphatic heterocycles. The maximum absolute atomic E-state index is 12.8. The molecule has 1 fully saturated rings. The number of nitrogens with one attached hydrogen (secondary N) is 1. The first-order valence-corrected chi connectivity index (χ1v) is 6.66. The maximum atomic E-state index is 12.8. The fraction of sp³-hybridized carbons (Fsp3) is 0.357. The van der Waals surface area contributed by atoms with E-state index in [1.165, 1.54) is 12.1 Å². The molecule has 0 unspecified atom stereocenters. The summed E-state index contributed by atoms with van der Waals surface area (Å²) >= 11 is 0. The zero-order valence-electron chi connectivity index (χ0n) is 11.2. The van der Waals surface area contributed by atoms with E-state index in [9.17, 15) is 9.18 Å². The van der Waals surface area contributed by atoms with Crippen LogP contribution in [0.5, 0.6) is 0 Å². The largest absolute Gasteiger partial charge is 0.381 e. The summed E-state index contributed by atoms with van der Waals surface area (Å²) in [5.74, 6) is 0.170. The maximum Gasteiger partial charge on any atom is 0.257 e. The second-order valence-corrected chi connectivity index (χ2v) is 4.80. The van der Waals surface area contributed by atoms with Gasteiger partial charge in [0.2, 0.25) is 5.91 Å². The molecule has 1 aromatic heterocycles. The third-order valence-electron chi connectivity index (χ3n) is 3.28. The van der Waals surface area contributed by atoms with Gasteiger partial charge in [-0.15, -0.1) is 0 Å². The van der Waals surface area contributed by atoms with Crippen molar-refractivity contribution in [3.05, 3.63) is 35.9 Å². The molecule has 1 saturated heterocycles. The zero-order valence-corrected chi connectivity index (χ0v) is 11.2. The van der Waals surface area contributed by atoms with Gasteiger partial charge in [0.15, 0.2) is 5.82 Å². The van der Waals surface area contributed by atoms with E-state index in [0.29, 0.717) is 30.5 Å². The monoisotopic (exact) mass is 291 g/mol. The second kappa shape index (κ2) is 6.01. The average Bonchev–Trinajstić information content (AvgIpc) is 3.17.